The van der Waals surface area contributed by atoms with Gasteiger partial charge < -0.3 is 14.2 Å². The van der Waals surface area contributed by atoms with Crippen molar-refractivity contribution in [1.82, 2.24) is 15.1 Å². The molecule has 23 heavy (non-hydrogen) atoms. The van der Waals surface area contributed by atoms with E-state index in [1.54, 1.807) is 0 Å². The predicted molar refractivity (Wildman–Crippen MR) is 86.3 cm³/mol. The summed E-state index contributed by atoms with van der Waals surface area (Å²) in [5.74, 6) is 1.54. The van der Waals surface area contributed by atoms with Crippen molar-refractivity contribution in [3.8, 4) is 11.3 Å². The fourth-order valence-corrected chi connectivity index (χ4v) is 3.35. The van der Waals surface area contributed by atoms with E-state index in [1.165, 1.54) is 19.3 Å². The van der Waals surface area contributed by atoms with Crippen molar-refractivity contribution < 1.29 is 9.26 Å². The van der Waals surface area contributed by atoms with E-state index in [0.29, 0.717) is 0 Å². The molecule has 0 aliphatic carbocycles. The van der Waals surface area contributed by atoms with Gasteiger partial charge >= 0.3 is 0 Å². The standard InChI is InChI=1S/C17H22N4O2/c1-12-10-15(23-20-12)13-11-18-17(21-7-3-2-4-8-21)19-16(13)14-6-5-9-22-14/h10-11,14H,2-9H2,1H3/t14-/m1/s1. The number of ether oxygens (including phenoxy) is 1. The van der Waals surface area contributed by atoms with Crippen LogP contribution >= 0.6 is 0 Å². The molecule has 0 aromatic carbocycles. The summed E-state index contributed by atoms with van der Waals surface area (Å²) in [5, 5.41) is 3.99. The Hall–Kier alpha value is -1.95. The Morgan fingerprint density at radius 3 is 2.74 bits per heavy atom. The first-order valence-electron chi connectivity index (χ1n) is 8.48. The second kappa shape index (κ2) is 6.28. The second-order valence-electron chi connectivity index (χ2n) is 6.35. The third-order valence-electron chi connectivity index (χ3n) is 4.57. The van der Waals surface area contributed by atoms with Crippen molar-refractivity contribution in [2.24, 2.45) is 0 Å². The number of nitrogens with zero attached hydrogens (tertiary/aromatic N) is 4. The first-order chi connectivity index (χ1) is 11.3. The lowest BCUT2D eigenvalue weighted by Crippen LogP contribution is -2.31. The molecule has 2 fully saturated rings. The van der Waals surface area contributed by atoms with Gasteiger partial charge in [0.2, 0.25) is 5.95 Å². The summed E-state index contributed by atoms with van der Waals surface area (Å²) < 4.78 is 11.3. The molecule has 6 nitrogen and oxygen atoms in total. The van der Waals surface area contributed by atoms with Crippen LogP contribution in [0.5, 0.6) is 0 Å². The highest BCUT2D eigenvalue weighted by atomic mass is 16.5. The molecule has 6 heteroatoms. The first-order valence-corrected chi connectivity index (χ1v) is 8.48. The lowest BCUT2D eigenvalue weighted by molar-refractivity contribution is 0.109. The Kier molecular flexibility index (Phi) is 3.99. The van der Waals surface area contributed by atoms with Gasteiger partial charge in [0.1, 0.15) is 6.10 Å². The molecule has 2 aromatic rings. The van der Waals surface area contributed by atoms with Crippen LogP contribution in [0, 0.1) is 6.92 Å². The van der Waals surface area contributed by atoms with E-state index in [1.807, 2.05) is 19.2 Å². The molecular formula is C17H22N4O2. The van der Waals surface area contributed by atoms with Crippen molar-refractivity contribution in [2.45, 2.75) is 45.1 Å². The third kappa shape index (κ3) is 2.95. The molecule has 0 amide bonds. The maximum Gasteiger partial charge on any atom is 0.225 e. The number of rotatable bonds is 3. The van der Waals surface area contributed by atoms with E-state index < -0.39 is 0 Å². The summed E-state index contributed by atoms with van der Waals surface area (Å²) in [7, 11) is 0. The lowest BCUT2D eigenvalue weighted by Gasteiger charge is -2.27. The molecule has 0 bridgehead atoms. The fraction of sp³-hybridized carbons (Fsp3) is 0.588. The minimum Gasteiger partial charge on any atom is -0.372 e. The monoisotopic (exact) mass is 314 g/mol. The summed E-state index contributed by atoms with van der Waals surface area (Å²) >= 11 is 0. The Labute approximate surface area is 135 Å². The van der Waals surface area contributed by atoms with Crippen LogP contribution < -0.4 is 4.90 Å². The molecule has 4 rings (SSSR count). The van der Waals surface area contributed by atoms with Crippen LogP contribution in [0.4, 0.5) is 5.95 Å². The van der Waals surface area contributed by atoms with E-state index in [4.69, 9.17) is 14.2 Å². The van der Waals surface area contributed by atoms with E-state index in [9.17, 15) is 0 Å². The zero-order valence-electron chi connectivity index (χ0n) is 13.5. The van der Waals surface area contributed by atoms with Crippen LogP contribution in [-0.4, -0.2) is 34.8 Å². The number of hydrogen-bond donors (Lipinski definition) is 0. The minimum atomic E-state index is 0.0296. The molecule has 122 valence electrons. The van der Waals surface area contributed by atoms with Gasteiger partial charge in [-0.15, -0.1) is 0 Å². The summed E-state index contributed by atoms with van der Waals surface area (Å²) in [6.45, 7) is 4.78. The Bertz CT molecular complexity index is 673. The molecule has 2 aliphatic rings. The van der Waals surface area contributed by atoms with Crippen LogP contribution in [0.3, 0.4) is 0 Å². The SMILES string of the molecule is Cc1cc(-c2cnc(N3CCCCC3)nc2[C@H]2CCCO2)on1. The van der Waals surface area contributed by atoms with Gasteiger partial charge in [-0.1, -0.05) is 5.16 Å². The lowest BCUT2D eigenvalue weighted by atomic mass is 10.1. The summed E-state index contributed by atoms with van der Waals surface area (Å²) in [6, 6.07) is 1.93. The summed E-state index contributed by atoms with van der Waals surface area (Å²) in [6.07, 6.45) is 7.68. The molecule has 1 atom stereocenters. The van der Waals surface area contributed by atoms with E-state index in [2.05, 4.69) is 15.0 Å². The fourth-order valence-electron chi connectivity index (χ4n) is 3.35. The van der Waals surface area contributed by atoms with Crippen molar-refractivity contribution in [3.05, 3.63) is 23.7 Å². The molecule has 0 saturated carbocycles. The van der Waals surface area contributed by atoms with Crippen molar-refractivity contribution >= 4 is 5.95 Å². The smallest absolute Gasteiger partial charge is 0.225 e. The molecule has 0 N–H and O–H groups in total. The van der Waals surface area contributed by atoms with E-state index in [0.717, 1.165) is 61.2 Å². The van der Waals surface area contributed by atoms with Gasteiger partial charge in [0.05, 0.1) is 17.0 Å². The average molecular weight is 314 g/mol. The normalized spacial score (nSPS) is 21.8. The van der Waals surface area contributed by atoms with Crippen LogP contribution in [0.25, 0.3) is 11.3 Å². The first kappa shape index (κ1) is 14.6. The average Bonchev–Trinajstić information content (AvgIpc) is 3.27. The largest absolute Gasteiger partial charge is 0.372 e. The van der Waals surface area contributed by atoms with Gasteiger partial charge in [0.25, 0.3) is 0 Å². The van der Waals surface area contributed by atoms with E-state index >= 15 is 0 Å². The van der Waals surface area contributed by atoms with Crippen LogP contribution in [0.2, 0.25) is 0 Å². The van der Waals surface area contributed by atoms with Gasteiger partial charge in [-0.05, 0) is 39.0 Å². The number of piperidine rings is 1. The van der Waals surface area contributed by atoms with Gasteiger partial charge in [-0.3, -0.25) is 0 Å². The third-order valence-corrected chi connectivity index (χ3v) is 4.57. The molecule has 2 saturated heterocycles. The topological polar surface area (TPSA) is 64.3 Å². The highest BCUT2D eigenvalue weighted by Gasteiger charge is 2.26. The molecule has 0 radical (unpaired) electrons. The molecular weight excluding hydrogens is 292 g/mol. The van der Waals surface area contributed by atoms with Crippen molar-refractivity contribution in [2.75, 3.05) is 24.6 Å². The molecule has 4 heterocycles. The van der Waals surface area contributed by atoms with Gasteiger partial charge in [-0.25, -0.2) is 9.97 Å². The number of hydrogen-bond acceptors (Lipinski definition) is 6. The second-order valence-corrected chi connectivity index (χ2v) is 6.35. The highest BCUT2D eigenvalue weighted by molar-refractivity contribution is 5.61. The minimum absolute atomic E-state index is 0.0296. The van der Waals surface area contributed by atoms with Crippen LogP contribution in [-0.2, 0) is 4.74 Å². The van der Waals surface area contributed by atoms with Gasteiger partial charge in [-0.2, -0.15) is 0 Å². The van der Waals surface area contributed by atoms with E-state index in [-0.39, 0.29) is 6.10 Å². The van der Waals surface area contributed by atoms with Crippen molar-refractivity contribution in [1.29, 1.82) is 0 Å². The number of anilines is 1. The highest BCUT2D eigenvalue weighted by Crippen LogP contribution is 2.35. The Morgan fingerprint density at radius 2 is 2.04 bits per heavy atom. The Balaban J connectivity index is 1.73. The molecule has 2 aliphatic heterocycles. The predicted octanol–water partition coefficient (Wildman–Crippen LogP) is 3.28. The number of aromatic nitrogens is 3. The molecule has 2 aromatic heterocycles. The maximum absolute atomic E-state index is 5.88. The quantitative estimate of drug-likeness (QED) is 0.866. The van der Waals surface area contributed by atoms with Gasteiger partial charge in [0, 0.05) is 32.0 Å². The zero-order valence-corrected chi connectivity index (χ0v) is 13.5. The zero-order chi connectivity index (χ0) is 15.6. The van der Waals surface area contributed by atoms with Crippen LogP contribution in [0.15, 0.2) is 16.8 Å². The summed E-state index contributed by atoms with van der Waals surface area (Å²) in [5.41, 5.74) is 2.70. The molecule has 0 spiro atoms. The van der Waals surface area contributed by atoms with Crippen LogP contribution in [0.1, 0.15) is 49.6 Å². The maximum atomic E-state index is 5.88. The molecule has 0 unspecified atom stereocenters. The van der Waals surface area contributed by atoms with Gasteiger partial charge in [0.15, 0.2) is 5.76 Å². The summed E-state index contributed by atoms with van der Waals surface area (Å²) in [4.78, 5) is 11.7. The Morgan fingerprint density at radius 1 is 1.17 bits per heavy atom. The number of aryl methyl sites for hydroxylation is 1. The van der Waals surface area contributed by atoms with Crippen molar-refractivity contribution in [3.63, 3.8) is 0 Å².